The molecule has 0 aromatic rings. The molecule has 0 bridgehead atoms. The maximum Gasteiger partial charge on any atom is 0.188 e. The predicted molar refractivity (Wildman–Crippen MR) is 60.1 cm³/mol. The van der Waals surface area contributed by atoms with E-state index >= 15 is 0 Å². The van der Waals surface area contributed by atoms with E-state index in [0.717, 1.165) is 19.3 Å². The second kappa shape index (κ2) is 9.95. The van der Waals surface area contributed by atoms with Gasteiger partial charge in [-0.1, -0.05) is 45.4 Å². The summed E-state index contributed by atoms with van der Waals surface area (Å²) in [6.07, 6.45) is 8.31. The molecule has 0 atom stereocenters. The van der Waals surface area contributed by atoms with Gasteiger partial charge in [0.2, 0.25) is 0 Å². The molecule has 6 heteroatoms. The largest absolute Gasteiger partial charge is 0.314 e. The molecule has 6 nitrogen and oxygen atoms in total. The number of unbranched alkanes of at least 4 members (excludes halogenated alkanes) is 6. The van der Waals surface area contributed by atoms with E-state index in [1.165, 1.54) is 25.7 Å². The highest BCUT2D eigenvalue weighted by atomic mass is 16.5. The number of hydrogen-bond donors (Lipinski definition) is 6. The van der Waals surface area contributed by atoms with Gasteiger partial charge in [-0.2, -0.15) is 16.4 Å². The fourth-order valence-corrected chi connectivity index (χ4v) is 1.59. The quantitative estimate of drug-likeness (QED) is 0.185. The first-order valence-corrected chi connectivity index (χ1v) is 5.98. The maximum atomic E-state index is 8.75. The molecule has 0 heterocycles. The first kappa shape index (κ1) is 15.8. The number of hydroxylamine groups is 3. The van der Waals surface area contributed by atoms with Gasteiger partial charge in [-0.25, -0.2) is 0 Å². The van der Waals surface area contributed by atoms with Crippen molar-refractivity contribution in [1.29, 1.82) is 0 Å². The second-order valence-electron chi connectivity index (χ2n) is 4.11. The van der Waals surface area contributed by atoms with E-state index in [-0.39, 0.29) is 0 Å². The van der Waals surface area contributed by atoms with Crippen LogP contribution in [0.4, 0.5) is 0 Å². The van der Waals surface area contributed by atoms with Crippen LogP contribution in [0.1, 0.15) is 58.3 Å². The van der Waals surface area contributed by atoms with Gasteiger partial charge in [-0.05, 0) is 12.8 Å². The molecule has 0 aliphatic carbocycles. The minimum absolute atomic E-state index is 0.379. The highest BCUT2D eigenvalue weighted by Crippen LogP contribution is 2.12. The summed E-state index contributed by atoms with van der Waals surface area (Å²) in [5, 5.41) is 26.3. The summed E-state index contributed by atoms with van der Waals surface area (Å²) in [6, 6.07) is 0. The van der Waals surface area contributed by atoms with E-state index in [4.69, 9.17) is 15.6 Å². The van der Waals surface area contributed by atoms with Crippen LogP contribution in [0.3, 0.4) is 0 Å². The van der Waals surface area contributed by atoms with Crippen LogP contribution >= 0.6 is 0 Å². The topological polar surface area (TPSA) is 96.8 Å². The van der Waals surface area contributed by atoms with Crippen molar-refractivity contribution in [3.05, 3.63) is 0 Å². The van der Waals surface area contributed by atoms with Gasteiger partial charge in [0.1, 0.15) is 0 Å². The molecule has 0 unspecified atom stereocenters. The molecule has 0 aromatic carbocycles. The summed E-state index contributed by atoms with van der Waals surface area (Å²) < 4.78 is 0. The van der Waals surface area contributed by atoms with E-state index in [1.807, 2.05) is 0 Å². The Kier molecular flexibility index (Phi) is 9.80. The molecular weight excluding hydrogens is 210 g/mol. The van der Waals surface area contributed by atoms with Gasteiger partial charge in [-0.15, -0.1) is 0 Å². The molecule has 0 amide bonds. The van der Waals surface area contributed by atoms with Crippen LogP contribution in [-0.2, 0) is 0 Å². The Hall–Kier alpha value is -0.240. The average molecular weight is 235 g/mol. The summed E-state index contributed by atoms with van der Waals surface area (Å²) in [7, 11) is 0. The lowest BCUT2D eigenvalue weighted by molar-refractivity contribution is -0.127. The predicted octanol–water partition coefficient (Wildman–Crippen LogP) is 1.72. The van der Waals surface area contributed by atoms with Crippen LogP contribution in [0, 0.1) is 0 Å². The molecule has 0 radical (unpaired) electrons. The minimum atomic E-state index is -1.41. The summed E-state index contributed by atoms with van der Waals surface area (Å²) in [4.78, 5) is 0. The molecule has 16 heavy (non-hydrogen) atoms. The monoisotopic (exact) mass is 235 g/mol. The molecule has 6 N–H and O–H groups in total. The lowest BCUT2D eigenvalue weighted by atomic mass is 10.1. The highest BCUT2D eigenvalue weighted by Gasteiger charge is 2.26. The Morgan fingerprint density at radius 2 is 1.19 bits per heavy atom. The van der Waals surface area contributed by atoms with Gasteiger partial charge in [-0.3, -0.25) is 0 Å². The smallest absolute Gasteiger partial charge is 0.188 e. The summed E-state index contributed by atoms with van der Waals surface area (Å²) >= 11 is 0. The fourth-order valence-electron chi connectivity index (χ4n) is 1.59. The van der Waals surface area contributed by atoms with Crippen LogP contribution in [0.25, 0.3) is 0 Å². The first-order chi connectivity index (χ1) is 7.74. The molecule has 0 aliphatic heterocycles. The van der Waals surface area contributed by atoms with Crippen molar-refractivity contribution >= 4 is 0 Å². The van der Waals surface area contributed by atoms with Crippen LogP contribution in [0.2, 0.25) is 0 Å². The molecule has 0 rings (SSSR count). The minimum Gasteiger partial charge on any atom is -0.314 e. The Morgan fingerprint density at radius 1 is 0.750 bits per heavy atom. The van der Waals surface area contributed by atoms with Crippen LogP contribution < -0.4 is 16.4 Å². The maximum absolute atomic E-state index is 8.75. The molecule has 0 aliphatic rings. The zero-order chi connectivity index (χ0) is 12.3. The van der Waals surface area contributed by atoms with E-state index < -0.39 is 5.79 Å². The van der Waals surface area contributed by atoms with Crippen LogP contribution in [0.5, 0.6) is 0 Å². The lowest BCUT2D eigenvalue weighted by Crippen LogP contribution is -2.63. The van der Waals surface area contributed by atoms with E-state index in [9.17, 15) is 0 Å². The second-order valence-corrected chi connectivity index (χ2v) is 4.11. The molecule has 0 saturated carbocycles. The van der Waals surface area contributed by atoms with Crippen molar-refractivity contribution in [2.75, 3.05) is 0 Å². The molecule has 98 valence electrons. The van der Waals surface area contributed by atoms with Crippen molar-refractivity contribution in [1.82, 2.24) is 16.4 Å². The third kappa shape index (κ3) is 6.37. The Morgan fingerprint density at radius 3 is 1.62 bits per heavy atom. The zero-order valence-corrected chi connectivity index (χ0v) is 10.00. The van der Waals surface area contributed by atoms with Crippen LogP contribution in [-0.4, -0.2) is 21.4 Å². The van der Waals surface area contributed by atoms with Gasteiger partial charge in [0, 0.05) is 0 Å². The van der Waals surface area contributed by atoms with Gasteiger partial charge < -0.3 is 15.6 Å². The van der Waals surface area contributed by atoms with Crippen molar-refractivity contribution in [2.24, 2.45) is 0 Å². The van der Waals surface area contributed by atoms with Crippen molar-refractivity contribution in [3.8, 4) is 0 Å². The Bertz CT molecular complexity index is 146. The first-order valence-electron chi connectivity index (χ1n) is 5.98. The fraction of sp³-hybridized carbons (Fsp3) is 1.00. The standard InChI is InChI=1S/C10H25N3O3/c1-2-3-4-5-6-7-8-9-10(11-14,12-15)13-16/h11-16H,2-9H2,1H3. The third-order valence-electron chi connectivity index (χ3n) is 2.73. The molecule has 0 aromatic heterocycles. The number of rotatable bonds is 11. The third-order valence-corrected chi connectivity index (χ3v) is 2.73. The lowest BCUT2D eigenvalue weighted by Gasteiger charge is -2.28. The SMILES string of the molecule is CCCCCCCCCC(NO)(NO)NO. The van der Waals surface area contributed by atoms with Gasteiger partial charge in [0.15, 0.2) is 5.79 Å². The Balaban J connectivity index is 3.48. The van der Waals surface area contributed by atoms with Crippen molar-refractivity contribution in [2.45, 2.75) is 64.1 Å². The number of hydrogen-bond acceptors (Lipinski definition) is 6. The van der Waals surface area contributed by atoms with Gasteiger partial charge in [0.05, 0.1) is 0 Å². The van der Waals surface area contributed by atoms with E-state index in [2.05, 4.69) is 6.92 Å². The van der Waals surface area contributed by atoms with E-state index in [0.29, 0.717) is 6.42 Å². The molecule has 0 saturated heterocycles. The van der Waals surface area contributed by atoms with E-state index in [1.54, 1.807) is 16.4 Å². The van der Waals surface area contributed by atoms with Gasteiger partial charge in [0.25, 0.3) is 0 Å². The van der Waals surface area contributed by atoms with Crippen molar-refractivity contribution < 1.29 is 15.6 Å². The van der Waals surface area contributed by atoms with Crippen molar-refractivity contribution in [3.63, 3.8) is 0 Å². The molecular formula is C10H25N3O3. The Labute approximate surface area is 96.9 Å². The summed E-state index contributed by atoms with van der Waals surface area (Å²) in [5.74, 6) is -1.41. The number of nitrogens with one attached hydrogen (secondary N) is 3. The highest BCUT2D eigenvalue weighted by molar-refractivity contribution is 4.70. The van der Waals surface area contributed by atoms with Gasteiger partial charge >= 0.3 is 0 Å². The molecule has 0 fully saturated rings. The normalized spacial score (nSPS) is 12.0. The summed E-state index contributed by atoms with van der Waals surface area (Å²) in [5.41, 5.74) is 5.41. The average Bonchev–Trinajstić information content (AvgIpc) is 2.34. The molecule has 0 spiro atoms. The zero-order valence-electron chi connectivity index (χ0n) is 10.00. The summed E-state index contributed by atoms with van der Waals surface area (Å²) in [6.45, 7) is 2.18. The van der Waals surface area contributed by atoms with Crippen LogP contribution in [0.15, 0.2) is 0 Å².